The van der Waals surface area contributed by atoms with Crippen molar-refractivity contribution >= 4 is 34.8 Å². The van der Waals surface area contributed by atoms with Gasteiger partial charge in [-0.2, -0.15) is 5.10 Å². The molecule has 1 saturated heterocycles. The molecule has 1 aromatic heterocycles. The maximum Gasteiger partial charge on any atom is 0.328 e. The molecule has 2 aromatic rings. The molecule has 20 heavy (non-hydrogen) atoms. The number of imide groups is 1. The third-order valence-electron chi connectivity index (χ3n) is 3.24. The second kappa shape index (κ2) is 4.76. The number of hydrogen-bond acceptors (Lipinski definition) is 4. The van der Waals surface area contributed by atoms with Crippen LogP contribution >= 0.6 is 0 Å². The number of amides is 3. The summed E-state index contributed by atoms with van der Waals surface area (Å²) in [4.78, 5) is 35.1. The average molecular weight is 272 g/mol. The van der Waals surface area contributed by atoms with Gasteiger partial charge in [-0.3, -0.25) is 19.7 Å². The van der Waals surface area contributed by atoms with Crippen LogP contribution in [0, 0.1) is 0 Å². The van der Waals surface area contributed by atoms with E-state index in [1.54, 1.807) is 23.0 Å². The third-order valence-corrected chi connectivity index (χ3v) is 3.24. The van der Waals surface area contributed by atoms with Crippen molar-refractivity contribution in [2.45, 2.75) is 13.0 Å². The predicted molar refractivity (Wildman–Crippen MR) is 71.3 cm³/mol. The molecule has 0 atom stereocenters. The molecule has 102 valence electrons. The number of carbonyl (C=O) groups is 3. The Labute approximate surface area is 114 Å². The largest absolute Gasteiger partial charge is 0.328 e. The molecular formula is C13H12N4O3. The molecule has 0 radical (unpaired) electrons. The van der Waals surface area contributed by atoms with Gasteiger partial charge in [0.1, 0.15) is 6.29 Å². The molecule has 0 saturated carbocycles. The van der Waals surface area contributed by atoms with Gasteiger partial charge < -0.3 is 4.79 Å². The van der Waals surface area contributed by atoms with Crippen LogP contribution in [-0.4, -0.2) is 34.5 Å². The summed E-state index contributed by atoms with van der Waals surface area (Å²) in [6.45, 7) is 0.510. The molecule has 7 nitrogen and oxygen atoms in total. The van der Waals surface area contributed by atoms with Gasteiger partial charge in [0, 0.05) is 24.0 Å². The van der Waals surface area contributed by atoms with E-state index in [4.69, 9.17) is 0 Å². The minimum absolute atomic E-state index is 0.164. The fourth-order valence-corrected chi connectivity index (χ4v) is 2.25. The van der Waals surface area contributed by atoms with Crippen LogP contribution < -0.4 is 10.2 Å². The summed E-state index contributed by atoms with van der Waals surface area (Å²) in [5.74, 6) is -0.265. The molecule has 0 unspecified atom stereocenters. The zero-order valence-electron chi connectivity index (χ0n) is 10.6. The van der Waals surface area contributed by atoms with E-state index in [0.29, 0.717) is 12.2 Å². The van der Waals surface area contributed by atoms with Gasteiger partial charge in [-0.25, -0.2) is 4.79 Å². The summed E-state index contributed by atoms with van der Waals surface area (Å²) in [6.07, 6.45) is 2.71. The van der Waals surface area contributed by atoms with Crippen molar-refractivity contribution < 1.29 is 14.4 Å². The van der Waals surface area contributed by atoms with Gasteiger partial charge in [-0.15, -0.1) is 0 Å². The second-order valence-electron chi connectivity index (χ2n) is 4.49. The topological polar surface area (TPSA) is 84.3 Å². The van der Waals surface area contributed by atoms with Crippen molar-refractivity contribution in [2.75, 3.05) is 11.4 Å². The van der Waals surface area contributed by atoms with E-state index < -0.39 is 6.03 Å². The van der Waals surface area contributed by atoms with Crippen molar-refractivity contribution in [3.8, 4) is 0 Å². The average Bonchev–Trinajstić information content (AvgIpc) is 2.82. The highest BCUT2D eigenvalue weighted by Crippen LogP contribution is 2.23. The first-order valence-corrected chi connectivity index (χ1v) is 6.19. The number of carbonyl (C=O) groups excluding carboxylic acids is 3. The molecule has 0 spiro atoms. The number of aromatic nitrogens is 2. The zero-order chi connectivity index (χ0) is 14.1. The van der Waals surface area contributed by atoms with Crippen molar-refractivity contribution in [1.29, 1.82) is 0 Å². The Morgan fingerprint density at radius 3 is 2.95 bits per heavy atom. The minimum Gasteiger partial charge on any atom is -0.301 e. The van der Waals surface area contributed by atoms with Gasteiger partial charge in [0.15, 0.2) is 0 Å². The van der Waals surface area contributed by atoms with Gasteiger partial charge in [0.25, 0.3) is 0 Å². The molecule has 1 aromatic carbocycles. The van der Waals surface area contributed by atoms with Crippen LogP contribution in [0.4, 0.5) is 10.5 Å². The Kier molecular flexibility index (Phi) is 2.94. The standard InChI is InChI=1S/C13H12N4O3/c18-6-5-17-11-7-10(2-1-9(11)8-14-17)16-4-3-12(19)15-13(16)20/h1-2,6-8H,3-5H2,(H,15,19,20). The summed E-state index contributed by atoms with van der Waals surface area (Å²) in [6, 6.07) is 5.00. The molecule has 1 N–H and O–H groups in total. The molecule has 7 heteroatoms. The Morgan fingerprint density at radius 2 is 2.20 bits per heavy atom. The molecule has 0 bridgehead atoms. The Hall–Kier alpha value is -2.70. The van der Waals surface area contributed by atoms with Gasteiger partial charge in [-0.1, -0.05) is 0 Å². The van der Waals surface area contributed by atoms with Crippen molar-refractivity contribution in [3.05, 3.63) is 24.4 Å². The number of urea groups is 1. The van der Waals surface area contributed by atoms with Gasteiger partial charge in [0.2, 0.25) is 5.91 Å². The number of rotatable bonds is 3. The van der Waals surface area contributed by atoms with Crippen LogP contribution in [0.15, 0.2) is 24.4 Å². The highest BCUT2D eigenvalue weighted by Gasteiger charge is 2.24. The molecule has 3 rings (SSSR count). The third kappa shape index (κ3) is 2.03. The number of benzene rings is 1. The molecular weight excluding hydrogens is 260 g/mol. The number of fused-ring (bicyclic) bond motifs is 1. The number of nitrogens with one attached hydrogen (secondary N) is 1. The highest BCUT2D eigenvalue weighted by molar-refractivity contribution is 6.06. The number of anilines is 1. The molecule has 2 heterocycles. The summed E-state index contributed by atoms with van der Waals surface area (Å²) >= 11 is 0. The lowest BCUT2D eigenvalue weighted by Gasteiger charge is -2.26. The number of hydrogen-bond donors (Lipinski definition) is 1. The maximum atomic E-state index is 11.8. The Bertz CT molecular complexity index is 707. The van der Waals surface area contributed by atoms with E-state index in [1.165, 1.54) is 4.90 Å². The van der Waals surface area contributed by atoms with Gasteiger partial charge >= 0.3 is 6.03 Å². The number of aldehydes is 1. The fraction of sp³-hybridized carbons (Fsp3) is 0.231. The van der Waals surface area contributed by atoms with Gasteiger partial charge in [0.05, 0.1) is 18.3 Å². The summed E-state index contributed by atoms with van der Waals surface area (Å²) in [5.41, 5.74) is 1.45. The van der Waals surface area contributed by atoms with E-state index in [2.05, 4.69) is 10.4 Å². The molecule has 0 aliphatic carbocycles. The van der Waals surface area contributed by atoms with E-state index in [0.717, 1.165) is 17.2 Å². The normalized spacial score (nSPS) is 15.5. The first-order valence-electron chi connectivity index (χ1n) is 6.19. The minimum atomic E-state index is -0.429. The van der Waals surface area contributed by atoms with Crippen LogP contribution in [-0.2, 0) is 16.1 Å². The lowest BCUT2D eigenvalue weighted by molar-refractivity contribution is -0.120. The van der Waals surface area contributed by atoms with Crippen LogP contribution in [0.3, 0.4) is 0 Å². The smallest absolute Gasteiger partial charge is 0.301 e. The second-order valence-corrected chi connectivity index (χ2v) is 4.49. The lowest BCUT2D eigenvalue weighted by atomic mass is 10.2. The zero-order valence-corrected chi connectivity index (χ0v) is 10.6. The summed E-state index contributed by atoms with van der Waals surface area (Å²) in [7, 11) is 0. The first-order chi connectivity index (χ1) is 9.69. The Morgan fingerprint density at radius 1 is 1.35 bits per heavy atom. The van der Waals surface area contributed by atoms with Crippen LogP contribution in [0.25, 0.3) is 10.9 Å². The SMILES string of the molecule is O=CCn1ncc2ccc(N3CCC(=O)NC3=O)cc21. The highest BCUT2D eigenvalue weighted by atomic mass is 16.2. The lowest BCUT2D eigenvalue weighted by Crippen LogP contribution is -2.49. The Balaban J connectivity index is 1.99. The van der Waals surface area contributed by atoms with E-state index >= 15 is 0 Å². The molecule has 1 aliphatic heterocycles. The fourth-order valence-electron chi connectivity index (χ4n) is 2.25. The quantitative estimate of drug-likeness (QED) is 0.833. The predicted octanol–water partition coefficient (Wildman–Crippen LogP) is 0.681. The summed E-state index contributed by atoms with van der Waals surface area (Å²) < 4.78 is 1.57. The van der Waals surface area contributed by atoms with Crippen molar-refractivity contribution in [1.82, 2.24) is 15.1 Å². The van der Waals surface area contributed by atoms with Gasteiger partial charge in [-0.05, 0) is 18.2 Å². The number of nitrogens with zero attached hydrogens (tertiary/aromatic N) is 3. The van der Waals surface area contributed by atoms with Crippen LogP contribution in [0.5, 0.6) is 0 Å². The van der Waals surface area contributed by atoms with E-state index in [-0.39, 0.29) is 18.9 Å². The maximum absolute atomic E-state index is 11.8. The molecule has 3 amide bonds. The molecule has 1 aliphatic rings. The summed E-state index contributed by atoms with van der Waals surface area (Å²) in [5, 5.41) is 7.29. The van der Waals surface area contributed by atoms with Crippen LogP contribution in [0.2, 0.25) is 0 Å². The van der Waals surface area contributed by atoms with Crippen molar-refractivity contribution in [3.63, 3.8) is 0 Å². The monoisotopic (exact) mass is 272 g/mol. The van der Waals surface area contributed by atoms with Crippen LogP contribution in [0.1, 0.15) is 6.42 Å². The molecule has 1 fully saturated rings. The van der Waals surface area contributed by atoms with E-state index in [1.807, 2.05) is 6.07 Å². The van der Waals surface area contributed by atoms with E-state index in [9.17, 15) is 14.4 Å². The van der Waals surface area contributed by atoms with Crippen molar-refractivity contribution in [2.24, 2.45) is 0 Å². The first kappa shape index (κ1) is 12.3.